The molecule has 1 aromatic heterocycles. The van der Waals surface area contributed by atoms with Crippen LogP contribution in [-0.2, 0) is 16.0 Å². The standard InChI is InChI=1S/C22H25N3O2S/c1-15(2)14-21(27)24-17-12-10-16(11-13-17)23-20(26)8-5-9-22-25-18-6-3-4-7-19(18)28-22/h3-4,6-7,10-13,15H,5,8-9,14H2,1-2H3,(H,23,26)(H,24,27). The van der Waals surface area contributed by atoms with Gasteiger partial charge in [0.25, 0.3) is 0 Å². The highest BCUT2D eigenvalue weighted by atomic mass is 32.1. The number of nitrogens with zero attached hydrogens (tertiary/aromatic N) is 1. The van der Waals surface area contributed by atoms with Gasteiger partial charge in [-0.2, -0.15) is 0 Å². The number of fused-ring (bicyclic) bond motifs is 1. The monoisotopic (exact) mass is 395 g/mol. The number of rotatable bonds is 8. The number of hydrogen-bond acceptors (Lipinski definition) is 4. The number of amides is 2. The van der Waals surface area contributed by atoms with Crippen LogP contribution in [0.25, 0.3) is 10.2 Å². The molecule has 1 heterocycles. The van der Waals surface area contributed by atoms with E-state index in [9.17, 15) is 9.59 Å². The largest absolute Gasteiger partial charge is 0.326 e. The summed E-state index contributed by atoms with van der Waals surface area (Å²) in [6.07, 6.45) is 2.50. The first-order valence-electron chi connectivity index (χ1n) is 9.54. The minimum absolute atomic E-state index is 0.00151. The van der Waals surface area contributed by atoms with Crippen molar-refractivity contribution < 1.29 is 9.59 Å². The number of nitrogens with one attached hydrogen (secondary N) is 2. The zero-order valence-corrected chi connectivity index (χ0v) is 17.0. The van der Waals surface area contributed by atoms with Gasteiger partial charge in [0.05, 0.1) is 15.2 Å². The Morgan fingerprint density at radius 3 is 2.25 bits per heavy atom. The molecule has 0 radical (unpaired) electrons. The molecule has 5 nitrogen and oxygen atoms in total. The van der Waals surface area contributed by atoms with Gasteiger partial charge in [-0.3, -0.25) is 9.59 Å². The molecule has 6 heteroatoms. The van der Waals surface area contributed by atoms with E-state index in [2.05, 4.69) is 21.7 Å². The van der Waals surface area contributed by atoms with Crippen LogP contribution >= 0.6 is 11.3 Å². The smallest absolute Gasteiger partial charge is 0.224 e. The number of benzene rings is 2. The summed E-state index contributed by atoms with van der Waals surface area (Å²) in [6.45, 7) is 4.02. The third kappa shape index (κ3) is 5.89. The summed E-state index contributed by atoms with van der Waals surface area (Å²) in [5.74, 6) is 0.306. The Labute approximate surface area is 169 Å². The highest BCUT2D eigenvalue weighted by molar-refractivity contribution is 7.18. The minimum Gasteiger partial charge on any atom is -0.326 e. The second kappa shape index (κ2) is 9.46. The van der Waals surface area contributed by atoms with E-state index in [0.29, 0.717) is 18.8 Å². The molecule has 0 bridgehead atoms. The maximum atomic E-state index is 12.2. The van der Waals surface area contributed by atoms with E-state index in [1.807, 2.05) is 32.0 Å². The molecule has 2 aromatic carbocycles. The van der Waals surface area contributed by atoms with Crippen LogP contribution in [0.2, 0.25) is 0 Å². The van der Waals surface area contributed by atoms with Crippen LogP contribution in [0.1, 0.15) is 38.1 Å². The van der Waals surface area contributed by atoms with Crippen molar-refractivity contribution in [1.29, 1.82) is 0 Å². The van der Waals surface area contributed by atoms with Crippen molar-refractivity contribution in [2.45, 2.75) is 39.5 Å². The molecule has 0 atom stereocenters. The highest BCUT2D eigenvalue weighted by Gasteiger charge is 2.08. The van der Waals surface area contributed by atoms with E-state index >= 15 is 0 Å². The lowest BCUT2D eigenvalue weighted by atomic mass is 10.1. The number of aryl methyl sites for hydroxylation is 1. The Bertz CT molecular complexity index is 915. The van der Waals surface area contributed by atoms with E-state index in [1.54, 1.807) is 35.6 Å². The molecular weight excluding hydrogens is 370 g/mol. The molecule has 2 N–H and O–H groups in total. The molecule has 0 spiro atoms. The van der Waals surface area contributed by atoms with Gasteiger partial charge in [0.1, 0.15) is 0 Å². The third-order valence-electron chi connectivity index (χ3n) is 4.18. The molecule has 0 fully saturated rings. The number of aromatic nitrogens is 1. The van der Waals surface area contributed by atoms with Gasteiger partial charge in [0, 0.05) is 24.2 Å². The SMILES string of the molecule is CC(C)CC(=O)Nc1ccc(NC(=O)CCCc2nc3ccccc3s2)cc1. The number of carbonyl (C=O) groups excluding carboxylic acids is 2. The van der Waals surface area contributed by atoms with Crippen LogP contribution in [0.5, 0.6) is 0 Å². The van der Waals surface area contributed by atoms with Gasteiger partial charge in [-0.25, -0.2) is 4.98 Å². The van der Waals surface area contributed by atoms with Crippen molar-refractivity contribution in [3.8, 4) is 0 Å². The lowest BCUT2D eigenvalue weighted by molar-refractivity contribution is -0.117. The normalized spacial score (nSPS) is 11.0. The van der Waals surface area contributed by atoms with Gasteiger partial charge in [-0.1, -0.05) is 26.0 Å². The van der Waals surface area contributed by atoms with Crippen molar-refractivity contribution in [3.63, 3.8) is 0 Å². The maximum absolute atomic E-state index is 12.2. The van der Waals surface area contributed by atoms with Gasteiger partial charge in [-0.15, -0.1) is 11.3 Å². The van der Waals surface area contributed by atoms with E-state index in [-0.39, 0.29) is 11.8 Å². The topological polar surface area (TPSA) is 71.1 Å². The Balaban J connectivity index is 1.43. The Morgan fingerprint density at radius 2 is 1.61 bits per heavy atom. The Kier molecular flexibility index (Phi) is 6.76. The second-order valence-corrected chi connectivity index (χ2v) is 8.32. The van der Waals surface area contributed by atoms with E-state index < -0.39 is 0 Å². The fourth-order valence-corrected chi connectivity index (χ4v) is 3.88. The van der Waals surface area contributed by atoms with E-state index in [1.165, 1.54) is 4.70 Å². The van der Waals surface area contributed by atoms with Gasteiger partial charge < -0.3 is 10.6 Å². The quantitative estimate of drug-likeness (QED) is 0.548. The lowest BCUT2D eigenvalue weighted by Gasteiger charge is -2.09. The molecular formula is C22H25N3O2S. The number of para-hydroxylation sites is 1. The molecule has 0 aliphatic carbocycles. The fraction of sp³-hybridized carbons (Fsp3) is 0.318. The molecule has 3 aromatic rings. The number of hydrogen-bond donors (Lipinski definition) is 2. The Hall–Kier alpha value is -2.73. The maximum Gasteiger partial charge on any atom is 0.224 e. The van der Waals surface area contributed by atoms with Gasteiger partial charge in [-0.05, 0) is 55.2 Å². The van der Waals surface area contributed by atoms with Gasteiger partial charge in [0.2, 0.25) is 11.8 Å². The zero-order chi connectivity index (χ0) is 19.9. The van der Waals surface area contributed by atoms with Crippen molar-refractivity contribution in [1.82, 2.24) is 4.98 Å². The molecule has 0 aliphatic rings. The summed E-state index contributed by atoms with van der Waals surface area (Å²) >= 11 is 1.69. The highest BCUT2D eigenvalue weighted by Crippen LogP contribution is 2.23. The van der Waals surface area contributed by atoms with Crippen molar-refractivity contribution >= 4 is 44.7 Å². The summed E-state index contributed by atoms with van der Waals surface area (Å²) in [5, 5.41) is 6.82. The summed E-state index contributed by atoms with van der Waals surface area (Å²) in [5.41, 5.74) is 2.49. The lowest BCUT2D eigenvalue weighted by Crippen LogP contribution is -2.14. The van der Waals surface area contributed by atoms with Crippen LogP contribution in [0.4, 0.5) is 11.4 Å². The molecule has 3 rings (SSSR count). The first kappa shape index (κ1) is 20.0. The molecule has 0 saturated heterocycles. The van der Waals surface area contributed by atoms with Crippen LogP contribution in [0.15, 0.2) is 48.5 Å². The van der Waals surface area contributed by atoms with Crippen molar-refractivity contribution in [3.05, 3.63) is 53.5 Å². The third-order valence-corrected chi connectivity index (χ3v) is 5.27. The van der Waals surface area contributed by atoms with Crippen LogP contribution in [-0.4, -0.2) is 16.8 Å². The molecule has 0 unspecified atom stereocenters. The van der Waals surface area contributed by atoms with Crippen LogP contribution in [0, 0.1) is 5.92 Å². The van der Waals surface area contributed by atoms with Gasteiger partial charge >= 0.3 is 0 Å². The van der Waals surface area contributed by atoms with Crippen molar-refractivity contribution in [2.24, 2.45) is 5.92 Å². The van der Waals surface area contributed by atoms with Crippen LogP contribution in [0.3, 0.4) is 0 Å². The average Bonchev–Trinajstić information content (AvgIpc) is 3.05. The molecule has 0 saturated carbocycles. The molecule has 2 amide bonds. The second-order valence-electron chi connectivity index (χ2n) is 7.20. The van der Waals surface area contributed by atoms with Crippen molar-refractivity contribution in [2.75, 3.05) is 10.6 Å². The predicted molar refractivity (Wildman–Crippen MR) is 116 cm³/mol. The first-order chi connectivity index (χ1) is 13.5. The Morgan fingerprint density at radius 1 is 0.964 bits per heavy atom. The van der Waals surface area contributed by atoms with Crippen LogP contribution < -0.4 is 10.6 Å². The molecule has 28 heavy (non-hydrogen) atoms. The molecule has 146 valence electrons. The van der Waals surface area contributed by atoms with Gasteiger partial charge in [0.15, 0.2) is 0 Å². The fourth-order valence-electron chi connectivity index (χ4n) is 2.87. The number of thiazole rings is 1. The summed E-state index contributed by atoms with van der Waals surface area (Å²) in [7, 11) is 0. The predicted octanol–water partition coefficient (Wildman–Crippen LogP) is 5.24. The molecule has 0 aliphatic heterocycles. The minimum atomic E-state index is -0.0160. The first-order valence-corrected chi connectivity index (χ1v) is 10.4. The van der Waals surface area contributed by atoms with E-state index in [0.717, 1.165) is 34.7 Å². The zero-order valence-electron chi connectivity index (χ0n) is 16.2. The summed E-state index contributed by atoms with van der Waals surface area (Å²) in [4.78, 5) is 28.6. The number of carbonyl (C=O) groups is 2. The summed E-state index contributed by atoms with van der Waals surface area (Å²) < 4.78 is 1.18. The number of anilines is 2. The average molecular weight is 396 g/mol. The van der Waals surface area contributed by atoms with E-state index in [4.69, 9.17) is 0 Å². The summed E-state index contributed by atoms with van der Waals surface area (Å²) in [6, 6.07) is 15.3.